The van der Waals surface area contributed by atoms with Gasteiger partial charge in [0.1, 0.15) is 11.5 Å². The second-order valence-corrected chi connectivity index (χ2v) is 11.7. The van der Waals surface area contributed by atoms with Gasteiger partial charge in [-0.05, 0) is 48.4 Å². The van der Waals surface area contributed by atoms with Crippen molar-refractivity contribution in [1.82, 2.24) is 19.9 Å². The SMILES string of the molecule is Cc1cc(C(C)C)c(Oc2cnc(N)nc2N)cc1S(N)(=O)=O.Cc1ccc(Oc2cnc(N)nc2N)c(C(C)C)c1. The molecule has 2 aromatic heterocycles. The van der Waals surface area contributed by atoms with E-state index in [1.54, 1.807) is 13.0 Å². The summed E-state index contributed by atoms with van der Waals surface area (Å²) in [4.78, 5) is 15.4. The van der Waals surface area contributed by atoms with Crippen molar-refractivity contribution in [1.29, 1.82) is 0 Å². The van der Waals surface area contributed by atoms with Crippen molar-refractivity contribution in [3.05, 3.63) is 65.0 Å². The number of hydrogen-bond acceptors (Lipinski definition) is 12. The van der Waals surface area contributed by atoms with Gasteiger partial charge in [-0.15, -0.1) is 0 Å². The molecule has 0 radical (unpaired) electrons. The molecule has 0 saturated carbocycles. The zero-order valence-electron chi connectivity index (χ0n) is 24.4. The fourth-order valence-electron chi connectivity index (χ4n) is 3.94. The van der Waals surface area contributed by atoms with Crippen LogP contribution in [0.2, 0.25) is 0 Å². The molecule has 0 aliphatic carbocycles. The number of rotatable bonds is 7. The average Bonchev–Trinajstić information content (AvgIpc) is 2.88. The number of nitrogen functional groups attached to an aromatic ring is 4. The van der Waals surface area contributed by atoms with Gasteiger partial charge >= 0.3 is 0 Å². The summed E-state index contributed by atoms with van der Waals surface area (Å²) >= 11 is 0. The van der Waals surface area contributed by atoms with Gasteiger partial charge in [0.15, 0.2) is 23.1 Å². The summed E-state index contributed by atoms with van der Waals surface area (Å²) in [6.07, 6.45) is 2.82. The first-order chi connectivity index (χ1) is 19.6. The Hall–Kier alpha value is -4.69. The van der Waals surface area contributed by atoms with Crippen molar-refractivity contribution < 1.29 is 17.9 Å². The van der Waals surface area contributed by atoms with Crippen LogP contribution in [0.5, 0.6) is 23.0 Å². The summed E-state index contributed by atoms with van der Waals surface area (Å²) in [6, 6.07) is 9.15. The lowest BCUT2D eigenvalue weighted by Gasteiger charge is -2.17. The summed E-state index contributed by atoms with van der Waals surface area (Å²) in [5, 5.41) is 5.25. The maximum Gasteiger partial charge on any atom is 0.238 e. The smallest absolute Gasteiger partial charge is 0.238 e. The molecule has 13 nitrogen and oxygen atoms in total. The largest absolute Gasteiger partial charge is 0.452 e. The summed E-state index contributed by atoms with van der Waals surface area (Å²) < 4.78 is 34.9. The maximum atomic E-state index is 11.7. The number of aryl methyl sites for hydroxylation is 2. The molecule has 42 heavy (non-hydrogen) atoms. The lowest BCUT2D eigenvalue weighted by molar-refractivity contribution is 0.469. The van der Waals surface area contributed by atoms with Gasteiger partial charge in [-0.2, -0.15) is 9.97 Å². The molecule has 2 heterocycles. The first-order valence-corrected chi connectivity index (χ1v) is 14.5. The van der Waals surface area contributed by atoms with E-state index in [-0.39, 0.29) is 40.1 Å². The zero-order valence-corrected chi connectivity index (χ0v) is 25.2. The van der Waals surface area contributed by atoms with E-state index in [1.165, 1.54) is 24.0 Å². The van der Waals surface area contributed by atoms with Crippen LogP contribution in [0.3, 0.4) is 0 Å². The predicted octanol–water partition coefficient (Wildman–Crippen LogP) is 4.38. The van der Waals surface area contributed by atoms with Crippen LogP contribution in [0.25, 0.3) is 0 Å². The number of primary sulfonamides is 1. The highest BCUT2D eigenvalue weighted by atomic mass is 32.2. The Labute approximate surface area is 245 Å². The number of ether oxygens (including phenoxy) is 2. The summed E-state index contributed by atoms with van der Waals surface area (Å²) in [5.41, 5.74) is 26.1. The molecule has 0 unspecified atom stereocenters. The van der Waals surface area contributed by atoms with Crippen LogP contribution in [0.15, 0.2) is 47.6 Å². The molecular weight excluding hydrogens is 558 g/mol. The van der Waals surface area contributed by atoms with E-state index >= 15 is 0 Å². The molecule has 0 aliphatic heterocycles. The second-order valence-electron chi connectivity index (χ2n) is 10.2. The quantitative estimate of drug-likeness (QED) is 0.200. The minimum absolute atomic E-state index is 0.00756. The minimum atomic E-state index is -3.87. The van der Waals surface area contributed by atoms with Gasteiger partial charge in [-0.25, -0.2) is 23.5 Å². The van der Waals surface area contributed by atoms with Gasteiger partial charge in [-0.3, -0.25) is 0 Å². The molecule has 0 saturated heterocycles. The number of aromatic nitrogens is 4. The van der Waals surface area contributed by atoms with Crippen LogP contribution in [-0.4, -0.2) is 28.4 Å². The Balaban J connectivity index is 0.000000235. The molecule has 10 N–H and O–H groups in total. The molecule has 0 fully saturated rings. The van der Waals surface area contributed by atoms with Crippen molar-refractivity contribution in [3.8, 4) is 23.0 Å². The normalized spacial score (nSPS) is 11.3. The van der Waals surface area contributed by atoms with Crippen LogP contribution in [0.4, 0.5) is 23.5 Å². The fourth-order valence-corrected chi connectivity index (χ4v) is 4.72. The standard InChI is InChI=1S/C14H19N5O3S.C14H18N4O/c1-7(2)9-4-8(3)12(23(17,20)21)5-10(9)22-11-6-18-14(16)19-13(11)15;1-8(2)10-6-9(3)4-5-11(10)19-12-7-17-14(16)18-13(12)15/h4-7H,1-3H3,(H2,17,20,21)(H4,15,16,18,19);4-8H,1-3H3,(H4,15,16,17,18). The van der Waals surface area contributed by atoms with Gasteiger partial charge in [0.2, 0.25) is 21.9 Å². The first kappa shape index (κ1) is 31.8. The van der Waals surface area contributed by atoms with E-state index in [0.717, 1.165) is 16.9 Å². The monoisotopic (exact) mass is 595 g/mol. The van der Waals surface area contributed by atoms with Crippen molar-refractivity contribution >= 4 is 33.6 Å². The summed E-state index contributed by atoms with van der Waals surface area (Å²) in [7, 11) is -3.87. The third-order valence-corrected chi connectivity index (χ3v) is 7.12. The third-order valence-electron chi connectivity index (χ3n) is 6.07. The van der Waals surface area contributed by atoms with Gasteiger partial charge in [0.25, 0.3) is 0 Å². The highest BCUT2D eigenvalue weighted by Crippen LogP contribution is 2.36. The number of sulfonamides is 1. The molecule has 0 spiro atoms. The van der Waals surface area contributed by atoms with Crippen LogP contribution in [0, 0.1) is 13.8 Å². The molecular formula is C28H37N9O4S. The molecule has 224 valence electrons. The number of benzene rings is 2. The fraction of sp³-hybridized carbons (Fsp3) is 0.286. The lowest BCUT2D eigenvalue weighted by atomic mass is 10.00. The van der Waals surface area contributed by atoms with E-state index in [4.69, 9.17) is 37.5 Å². The predicted molar refractivity (Wildman–Crippen MR) is 164 cm³/mol. The van der Waals surface area contributed by atoms with Gasteiger partial charge in [-0.1, -0.05) is 51.5 Å². The van der Waals surface area contributed by atoms with E-state index in [0.29, 0.717) is 23.0 Å². The number of anilines is 4. The van der Waals surface area contributed by atoms with E-state index in [2.05, 4.69) is 46.8 Å². The summed E-state index contributed by atoms with van der Waals surface area (Å²) in [6.45, 7) is 11.9. The number of nitrogens with two attached hydrogens (primary N) is 5. The molecule has 4 rings (SSSR count). The molecule has 0 atom stereocenters. The number of hydrogen-bond donors (Lipinski definition) is 5. The van der Waals surface area contributed by atoms with Crippen molar-refractivity contribution in [2.45, 2.75) is 58.3 Å². The Morgan fingerprint density at radius 2 is 1.17 bits per heavy atom. The van der Waals surface area contributed by atoms with Crippen LogP contribution < -0.4 is 37.5 Å². The third kappa shape index (κ3) is 7.95. The molecule has 2 aromatic carbocycles. The van der Waals surface area contributed by atoms with Crippen molar-refractivity contribution in [2.75, 3.05) is 22.9 Å². The van der Waals surface area contributed by atoms with Gasteiger partial charge in [0.05, 0.1) is 17.3 Å². The van der Waals surface area contributed by atoms with Crippen molar-refractivity contribution in [2.24, 2.45) is 5.14 Å². The molecule has 0 amide bonds. The molecule has 0 aliphatic rings. The Kier molecular flexibility index (Phi) is 9.75. The van der Waals surface area contributed by atoms with Crippen LogP contribution >= 0.6 is 0 Å². The van der Waals surface area contributed by atoms with E-state index < -0.39 is 10.0 Å². The second kappa shape index (κ2) is 12.9. The Morgan fingerprint density at radius 3 is 1.62 bits per heavy atom. The average molecular weight is 596 g/mol. The highest BCUT2D eigenvalue weighted by Gasteiger charge is 2.19. The molecule has 4 aromatic rings. The molecule has 14 heteroatoms. The summed E-state index contributed by atoms with van der Waals surface area (Å²) in [5.74, 6) is 2.60. The lowest BCUT2D eigenvalue weighted by Crippen LogP contribution is -2.14. The topological polar surface area (TPSA) is 234 Å². The van der Waals surface area contributed by atoms with Crippen molar-refractivity contribution in [3.63, 3.8) is 0 Å². The maximum absolute atomic E-state index is 11.7. The molecule has 0 bridgehead atoms. The van der Waals surface area contributed by atoms with Gasteiger partial charge < -0.3 is 32.4 Å². The van der Waals surface area contributed by atoms with Crippen LogP contribution in [-0.2, 0) is 10.0 Å². The zero-order chi connectivity index (χ0) is 31.4. The Morgan fingerprint density at radius 1 is 0.690 bits per heavy atom. The highest BCUT2D eigenvalue weighted by molar-refractivity contribution is 7.89. The first-order valence-electron chi connectivity index (χ1n) is 13.0. The van der Waals surface area contributed by atoms with Crippen LogP contribution in [0.1, 0.15) is 61.8 Å². The van der Waals surface area contributed by atoms with E-state index in [9.17, 15) is 8.42 Å². The minimum Gasteiger partial charge on any atom is -0.452 e. The Bertz CT molecular complexity index is 1690. The van der Waals surface area contributed by atoms with Gasteiger partial charge in [0, 0.05) is 6.07 Å². The van der Waals surface area contributed by atoms with E-state index in [1.807, 2.05) is 26.0 Å². The number of nitrogens with zero attached hydrogens (tertiary/aromatic N) is 4.